The molecule has 0 bridgehead atoms. The molecule has 0 aromatic rings. The summed E-state index contributed by atoms with van der Waals surface area (Å²) in [5.74, 6) is 0.375. The molecule has 0 aromatic carbocycles. The van der Waals surface area contributed by atoms with Crippen molar-refractivity contribution in [3.63, 3.8) is 0 Å². The van der Waals surface area contributed by atoms with Crippen LogP contribution in [0.2, 0.25) is 0 Å². The number of hydrogen-bond acceptors (Lipinski definition) is 2. The Balaban J connectivity index is 2.94. The lowest BCUT2D eigenvalue weighted by Crippen LogP contribution is -2.68. The predicted octanol–water partition coefficient (Wildman–Crippen LogP) is 1.99. The van der Waals surface area contributed by atoms with Crippen molar-refractivity contribution < 1.29 is 4.79 Å². The predicted molar refractivity (Wildman–Crippen MR) is 70.8 cm³/mol. The molecule has 4 heteroatoms. The lowest BCUT2D eigenvalue weighted by atomic mass is 9.69. The maximum atomic E-state index is 11.1. The van der Waals surface area contributed by atoms with E-state index in [0.29, 0.717) is 5.92 Å². The average Bonchev–Trinajstić information content (AvgIpc) is 2.25. The number of amides is 2. The molecule has 4 nitrogen and oxygen atoms in total. The van der Waals surface area contributed by atoms with Gasteiger partial charge in [0.25, 0.3) is 0 Å². The van der Waals surface area contributed by atoms with Crippen LogP contribution in [-0.2, 0) is 0 Å². The van der Waals surface area contributed by atoms with Gasteiger partial charge in [0.05, 0.1) is 0 Å². The highest BCUT2D eigenvalue weighted by molar-refractivity contribution is 5.72. The summed E-state index contributed by atoms with van der Waals surface area (Å²) in [7, 11) is 0. The molecule has 1 aliphatic rings. The standard InChI is InChI=1S/C13H27N3O/c1-6-12(4)8-10(15-11(14)17)9(3)13(5,7-2)16-12/h9-10,16H,6-8H2,1-5H3,(H3,14,15,17). The molecule has 0 saturated carbocycles. The van der Waals surface area contributed by atoms with Gasteiger partial charge in [0, 0.05) is 17.1 Å². The van der Waals surface area contributed by atoms with E-state index in [4.69, 9.17) is 5.73 Å². The Morgan fingerprint density at radius 2 is 2.00 bits per heavy atom. The Hall–Kier alpha value is -0.770. The number of carbonyl (C=O) groups is 1. The van der Waals surface area contributed by atoms with Crippen LogP contribution in [0, 0.1) is 5.92 Å². The van der Waals surface area contributed by atoms with E-state index < -0.39 is 6.03 Å². The van der Waals surface area contributed by atoms with Crippen molar-refractivity contribution >= 4 is 6.03 Å². The molecule has 1 rings (SSSR count). The number of piperidine rings is 1. The van der Waals surface area contributed by atoms with E-state index in [2.05, 4.69) is 45.3 Å². The van der Waals surface area contributed by atoms with Crippen LogP contribution >= 0.6 is 0 Å². The maximum Gasteiger partial charge on any atom is 0.312 e. The Labute approximate surface area is 105 Å². The number of primary amides is 1. The third-order valence-corrected chi connectivity index (χ3v) is 4.71. The molecule has 4 atom stereocenters. The Kier molecular flexibility index (Phi) is 4.07. The van der Waals surface area contributed by atoms with E-state index in [-0.39, 0.29) is 17.1 Å². The summed E-state index contributed by atoms with van der Waals surface area (Å²) in [6.07, 6.45) is 3.02. The number of nitrogens with one attached hydrogen (secondary N) is 2. The topological polar surface area (TPSA) is 67.1 Å². The van der Waals surface area contributed by atoms with Crippen molar-refractivity contribution in [3.8, 4) is 0 Å². The highest BCUT2D eigenvalue weighted by atomic mass is 16.2. The van der Waals surface area contributed by atoms with Crippen molar-refractivity contribution in [3.05, 3.63) is 0 Å². The first-order valence-electron chi connectivity index (χ1n) is 6.61. The van der Waals surface area contributed by atoms with Crippen molar-refractivity contribution in [2.75, 3.05) is 0 Å². The average molecular weight is 241 g/mol. The fourth-order valence-electron chi connectivity index (χ4n) is 2.96. The minimum Gasteiger partial charge on any atom is -0.352 e. The zero-order chi connectivity index (χ0) is 13.3. The molecule has 100 valence electrons. The highest BCUT2D eigenvalue weighted by Gasteiger charge is 2.46. The summed E-state index contributed by atoms with van der Waals surface area (Å²) >= 11 is 0. The van der Waals surface area contributed by atoms with Gasteiger partial charge in [-0.15, -0.1) is 0 Å². The SMILES string of the molecule is CCC1(C)CC(NC(N)=O)C(C)C(C)(CC)N1. The van der Waals surface area contributed by atoms with Crippen LogP contribution in [0.4, 0.5) is 4.79 Å². The molecule has 0 radical (unpaired) electrons. The largest absolute Gasteiger partial charge is 0.352 e. The quantitative estimate of drug-likeness (QED) is 0.707. The van der Waals surface area contributed by atoms with Gasteiger partial charge >= 0.3 is 6.03 Å². The molecular formula is C13H27N3O. The first-order chi connectivity index (χ1) is 7.76. The molecule has 1 heterocycles. The van der Waals surface area contributed by atoms with E-state index in [9.17, 15) is 4.79 Å². The second kappa shape index (κ2) is 4.84. The monoisotopic (exact) mass is 241 g/mol. The molecule has 2 amide bonds. The fourth-order valence-corrected chi connectivity index (χ4v) is 2.96. The molecule has 17 heavy (non-hydrogen) atoms. The van der Waals surface area contributed by atoms with Crippen molar-refractivity contribution in [2.24, 2.45) is 11.7 Å². The summed E-state index contributed by atoms with van der Waals surface area (Å²) in [4.78, 5) is 11.1. The van der Waals surface area contributed by atoms with Gasteiger partial charge in [-0.2, -0.15) is 0 Å². The van der Waals surface area contributed by atoms with Gasteiger partial charge in [0.2, 0.25) is 0 Å². The lowest BCUT2D eigenvalue weighted by molar-refractivity contribution is 0.0629. The molecule has 0 aliphatic carbocycles. The van der Waals surface area contributed by atoms with Gasteiger partial charge in [-0.25, -0.2) is 4.79 Å². The first-order valence-corrected chi connectivity index (χ1v) is 6.61. The van der Waals surface area contributed by atoms with Crippen LogP contribution in [-0.4, -0.2) is 23.2 Å². The summed E-state index contributed by atoms with van der Waals surface area (Å²) in [5.41, 5.74) is 5.40. The number of rotatable bonds is 3. The molecule has 4 N–H and O–H groups in total. The second-order valence-electron chi connectivity index (χ2n) is 5.92. The van der Waals surface area contributed by atoms with Gasteiger partial charge in [-0.3, -0.25) is 0 Å². The van der Waals surface area contributed by atoms with Crippen molar-refractivity contribution in [1.82, 2.24) is 10.6 Å². The van der Waals surface area contributed by atoms with E-state index in [1.54, 1.807) is 0 Å². The van der Waals surface area contributed by atoms with Crippen LogP contribution < -0.4 is 16.4 Å². The Bertz CT molecular complexity index is 294. The fraction of sp³-hybridized carbons (Fsp3) is 0.923. The number of nitrogens with two attached hydrogens (primary N) is 1. The smallest absolute Gasteiger partial charge is 0.312 e. The minimum absolute atomic E-state index is 0.0517. The van der Waals surface area contributed by atoms with Crippen molar-refractivity contribution in [2.45, 2.75) is 71.0 Å². The number of urea groups is 1. The van der Waals surface area contributed by atoms with Gasteiger partial charge in [-0.1, -0.05) is 20.8 Å². The van der Waals surface area contributed by atoms with Crippen LogP contribution in [0.1, 0.15) is 53.9 Å². The van der Waals surface area contributed by atoms with Gasteiger partial charge in [0.1, 0.15) is 0 Å². The molecule has 0 spiro atoms. The minimum atomic E-state index is -0.416. The zero-order valence-corrected chi connectivity index (χ0v) is 11.8. The summed E-state index contributed by atoms with van der Waals surface area (Å²) in [6, 6.07) is -0.260. The summed E-state index contributed by atoms with van der Waals surface area (Å²) < 4.78 is 0. The van der Waals surface area contributed by atoms with Crippen LogP contribution in [0.5, 0.6) is 0 Å². The highest BCUT2D eigenvalue weighted by Crippen LogP contribution is 2.37. The van der Waals surface area contributed by atoms with Crippen LogP contribution in [0.25, 0.3) is 0 Å². The van der Waals surface area contributed by atoms with Gasteiger partial charge < -0.3 is 16.4 Å². The zero-order valence-electron chi connectivity index (χ0n) is 11.8. The molecular weight excluding hydrogens is 214 g/mol. The van der Waals surface area contributed by atoms with E-state index in [1.165, 1.54) is 0 Å². The third-order valence-electron chi connectivity index (χ3n) is 4.71. The molecule has 1 aliphatic heterocycles. The molecule has 1 saturated heterocycles. The number of hydrogen-bond donors (Lipinski definition) is 3. The van der Waals surface area contributed by atoms with Gasteiger partial charge in [-0.05, 0) is 39.0 Å². The Morgan fingerprint density at radius 1 is 1.41 bits per heavy atom. The van der Waals surface area contributed by atoms with E-state index in [0.717, 1.165) is 19.3 Å². The summed E-state index contributed by atoms with van der Waals surface area (Å²) in [6.45, 7) is 11.0. The lowest BCUT2D eigenvalue weighted by Gasteiger charge is -2.53. The number of carbonyl (C=O) groups excluding carboxylic acids is 1. The van der Waals surface area contributed by atoms with Crippen molar-refractivity contribution in [1.29, 1.82) is 0 Å². The van der Waals surface area contributed by atoms with Crippen LogP contribution in [0.3, 0.4) is 0 Å². The van der Waals surface area contributed by atoms with Gasteiger partial charge in [0.15, 0.2) is 0 Å². The first kappa shape index (κ1) is 14.3. The Morgan fingerprint density at radius 3 is 2.41 bits per heavy atom. The summed E-state index contributed by atoms with van der Waals surface area (Å²) in [5, 5.41) is 6.68. The molecule has 4 unspecified atom stereocenters. The molecule has 1 fully saturated rings. The molecule has 0 aromatic heterocycles. The van der Waals surface area contributed by atoms with E-state index in [1.807, 2.05) is 0 Å². The van der Waals surface area contributed by atoms with Crippen LogP contribution in [0.15, 0.2) is 0 Å². The maximum absolute atomic E-state index is 11.1. The normalized spacial score (nSPS) is 42.2. The third kappa shape index (κ3) is 2.92. The van der Waals surface area contributed by atoms with E-state index >= 15 is 0 Å². The second-order valence-corrected chi connectivity index (χ2v) is 5.92.